The van der Waals surface area contributed by atoms with Crippen LogP contribution in [0.1, 0.15) is 0 Å². The van der Waals surface area contributed by atoms with Gasteiger partial charge in [0.1, 0.15) is 5.75 Å². The van der Waals surface area contributed by atoms with Crippen molar-refractivity contribution < 1.29 is 9.90 Å². The normalized spacial score (nSPS) is 13.8. The molecule has 4 heteroatoms. The molecular weight excluding hydrogens is 138 g/mol. The molecule has 0 rings (SSSR count). The Hall–Kier alpha value is -0.220. The van der Waals surface area contributed by atoms with Crippen molar-refractivity contribution in [3.63, 3.8) is 0 Å². The van der Waals surface area contributed by atoms with Gasteiger partial charge in [-0.1, -0.05) is 0 Å². The lowest BCUT2D eigenvalue weighted by molar-refractivity contribution is -0.306. The van der Waals surface area contributed by atoms with Crippen LogP contribution in [0.2, 0.25) is 0 Å². The highest BCUT2D eigenvalue weighted by molar-refractivity contribution is 7.95. The molecular formula is C5H11NO2S. The van der Waals surface area contributed by atoms with E-state index < -0.39 is 12.0 Å². The summed E-state index contributed by atoms with van der Waals surface area (Å²) >= 11 is 0. The molecule has 0 aliphatic carbocycles. The predicted octanol–water partition coefficient (Wildman–Crippen LogP) is -2.06. The molecule has 0 spiro atoms. The summed E-state index contributed by atoms with van der Waals surface area (Å²) in [5.74, 6) is -0.640. The van der Waals surface area contributed by atoms with Crippen molar-refractivity contribution in [2.75, 3.05) is 18.3 Å². The number of aliphatic carboxylic acids is 1. The number of carbonyl (C=O) groups excluding carboxylic acids is 1. The van der Waals surface area contributed by atoms with E-state index in [1.807, 2.05) is 12.5 Å². The standard InChI is InChI=1S/C5H11NO2S/c1-9(2)3-4(6)5(7)8/h4H,3,6H2,1-2H3. The molecule has 1 atom stereocenters. The van der Waals surface area contributed by atoms with Crippen LogP contribution in [0.5, 0.6) is 0 Å². The third-order valence-corrected chi connectivity index (χ3v) is 1.84. The zero-order valence-electron chi connectivity index (χ0n) is 5.59. The second-order valence-corrected chi connectivity index (χ2v) is 4.38. The average molecular weight is 149 g/mol. The number of carbonyl (C=O) groups is 1. The van der Waals surface area contributed by atoms with E-state index in [2.05, 4.69) is 0 Å². The highest BCUT2D eigenvalue weighted by atomic mass is 32.2. The lowest BCUT2D eigenvalue weighted by atomic mass is 10.4. The summed E-state index contributed by atoms with van der Waals surface area (Å²) in [4.78, 5) is 10.0. The minimum atomic E-state index is -1.16. The van der Waals surface area contributed by atoms with Crippen LogP contribution in [0, 0.1) is 0 Å². The second kappa shape index (κ2) is 3.74. The van der Waals surface area contributed by atoms with Crippen molar-refractivity contribution in [1.82, 2.24) is 0 Å². The molecule has 0 bridgehead atoms. The molecule has 0 heterocycles. The summed E-state index contributed by atoms with van der Waals surface area (Å²) in [6.45, 7) is 0. The van der Waals surface area contributed by atoms with Crippen LogP contribution >= 0.6 is 0 Å². The lowest BCUT2D eigenvalue weighted by Crippen LogP contribution is -2.45. The van der Waals surface area contributed by atoms with Crippen LogP contribution in [-0.4, -0.2) is 30.3 Å². The first kappa shape index (κ1) is 8.78. The summed E-state index contributed by atoms with van der Waals surface area (Å²) in [6, 6.07) is -0.789. The quantitative estimate of drug-likeness (QED) is 0.469. The maximum Gasteiger partial charge on any atom is 0.128 e. The van der Waals surface area contributed by atoms with Gasteiger partial charge < -0.3 is 15.6 Å². The van der Waals surface area contributed by atoms with Crippen LogP contribution in [0.15, 0.2) is 0 Å². The number of hydrogen-bond donors (Lipinski definition) is 1. The van der Waals surface area contributed by atoms with E-state index in [9.17, 15) is 9.90 Å². The molecule has 0 radical (unpaired) electrons. The molecule has 0 aromatic heterocycles. The third kappa shape index (κ3) is 4.29. The summed E-state index contributed by atoms with van der Waals surface area (Å²) in [7, 11) is 0.0879. The number of nitrogens with two attached hydrogens (primary N) is 1. The van der Waals surface area contributed by atoms with Gasteiger partial charge in [-0.05, 0) is 10.9 Å². The Morgan fingerprint density at radius 1 is 1.78 bits per heavy atom. The molecule has 0 amide bonds. The molecule has 1 unspecified atom stereocenters. The van der Waals surface area contributed by atoms with Crippen LogP contribution < -0.4 is 10.8 Å². The van der Waals surface area contributed by atoms with Gasteiger partial charge in [0.05, 0.1) is 24.5 Å². The van der Waals surface area contributed by atoms with E-state index in [0.717, 1.165) is 0 Å². The van der Waals surface area contributed by atoms with E-state index in [0.29, 0.717) is 5.75 Å². The molecule has 0 fully saturated rings. The molecule has 0 saturated heterocycles. The van der Waals surface area contributed by atoms with Crippen molar-refractivity contribution in [3.05, 3.63) is 0 Å². The molecule has 54 valence electrons. The highest BCUT2D eigenvalue weighted by Crippen LogP contribution is 1.86. The Bertz CT molecular complexity index is 105. The smallest absolute Gasteiger partial charge is 0.128 e. The zero-order chi connectivity index (χ0) is 7.44. The maximum absolute atomic E-state index is 10.0. The van der Waals surface area contributed by atoms with Crippen molar-refractivity contribution in [2.45, 2.75) is 6.04 Å². The Balaban J connectivity index is 3.50. The van der Waals surface area contributed by atoms with Gasteiger partial charge in [0, 0.05) is 0 Å². The Morgan fingerprint density at radius 2 is 2.22 bits per heavy atom. The van der Waals surface area contributed by atoms with Gasteiger partial charge in [-0.25, -0.2) is 0 Å². The van der Waals surface area contributed by atoms with Crippen molar-refractivity contribution >= 4 is 16.9 Å². The van der Waals surface area contributed by atoms with Crippen LogP contribution in [0.25, 0.3) is 0 Å². The molecule has 0 saturated carbocycles. The summed E-state index contributed by atoms with van der Waals surface area (Å²) < 4.78 is 0. The number of carboxylic acid groups (broad SMARTS) is 1. The van der Waals surface area contributed by atoms with E-state index in [1.165, 1.54) is 0 Å². The van der Waals surface area contributed by atoms with Crippen molar-refractivity contribution in [2.24, 2.45) is 5.73 Å². The van der Waals surface area contributed by atoms with E-state index in [4.69, 9.17) is 5.73 Å². The summed E-state index contributed by atoms with van der Waals surface area (Å²) in [6.07, 6.45) is 3.89. The topological polar surface area (TPSA) is 66.2 Å². The molecule has 9 heavy (non-hydrogen) atoms. The van der Waals surface area contributed by atoms with Gasteiger partial charge in [-0.3, -0.25) is 0 Å². The first-order chi connectivity index (χ1) is 4.04. The fraction of sp³-hybridized carbons (Fsp3) is 0.800. The maximum atomic E-state index is 10.0. The Labute approximate surface area is 57.6 Å². The van der Waals surface area contributed by atoms with Gasteiger partial charge in [-0.15, -0.1) is 0 Å². The molecule has 3 nitrogen and oxygen atoms in total. The first-order valence-corrected chi connectivity index (χ1v) is 4.75. The van der Waals surface area contributed by atoms with Crippen LogP contribution in [0.4, 0.5) is 0 Å². The summed E-state index contributed by atoms with van der Waals surface area (Å²) in [5.41, 5.74) is 5.16. The lowest BCUT2D eigenvalue weighted by Gasteiger charge is -2.08. The van der Waals surface area contributed by atoms with E-state index in [-0.39, 0.29) is 10.9 Å². The van der Waals surface area contributed by atoms with Gasteiger partial charge in [0.15, 0.2) is 0 Å². The fourth-order valence-corrected chi connectivity index (χ4v) is 1.28. The minimum Gasteiger partial charge on any atom is -0.548 e. The van der Waals surface area contributed by atoms with Gasteiger partial charge in [-0.2, -0.15) is 0 Å². The largest absolute Gasteiger partial charge is 0.548 e. The average Bonchev–Trinajstić information content (AvgIpc) is 1.63. The van der Waals surface area contributed by atoms with E-state index >= 15 is 0 Å². The van der Waals surface area contributed by atoms with Crippen molar-refractivity contribution in [1.29, 1.82) is 0 Å². The van der Waals surface area contributed by atoms with Gasteiger partial charge >= 0.3 is 0 Å². The predicted molar refractivity (Wildman–Crippen MR) is 37.1 cm³/mol. The molecule has 0 aromatic rings. The zero-order valence-corrected chi connectivity index (χ0v) is 6.40. The molecule has 0 aliphatic heterocycles. The molecule has 0 aromatic carbocycles. The third-order valence-electron chi connectivity index (χ3n) is 0.816. The van der Waals surface area contributed by atoms with Crippen molar-refractivity contribution in [3.8, 4) is 0 Å². The summed E-state index contributed by atoms with van der Waals surface area (Å²) in [5, 5.41) is 10.0. The Kier molecular flexibility index (Phi) is 3.65. The molecule has 2 N–H and O–H groups in total. The number of hydrogen-bond acceptors (Lipinski definition) is 3. The highest BCUT2D eigenvalue weighted by Gasteiger charge is 2.11. The number of rotatable bonds is 3. The first-order valence-electron chi connectivity index (χ1n) is 2.54. The fourth-order valence-electron chi connectivity index (χ4n) is 0.427. The molecule has 0 aliphatic rings. The second-order valence-electron chi connectivity index (χ2n) is 2.08. The van der Waals surface area contributed by atoms with Gasteiger partial charge in [0.25, 0.3) is 0 Å². The number of carboxylic acids is 1. The minimum absolute atomic E-state index is 0.0879. The van der Waals surface area contributed by atoms with Crippen LogP contribution in [-0.2, 0) is 15.7 Å². The van der Waals surface area contributed by atoms with Crippen LogP contribution in [0.3, 0.4) is 0 Å². The SMILES string of the molecule is C[S+](C)CC(N)C(=O)[O-]. The van der Waals surface area contributed by atoms with Gasteiger partial charge in [0.2, 0.25) is 0 Å². The monoisotopic (exact) mass is 149 g/mol. The Morgan fingerprint density at radius 3 is 2.33 bits per heavy atom. The van der Waals surface area contributed by atoms with E-state index in [1.54, 1.807) is 0 Å².